The molecule has 0 saturated carbocycles. The van der Waals surface area contributed by atoms with E-state index < -0.39 is 0 Å². The second-order valence-electron chi connectivity index (χ2n) is 5.75. The summed E-state index contributed by atoms with van der Waals surface area (Å²) in [6, 6.07) is 5.77. The summed E-state index contributed by atoms with van der Waals surface area (Å²) in [5.41, 5.74) is 2.75. The summed E-state index contributed by atoms with van der Waals surface area (Å²) in [5, 5.41) is 19.5. The van der Waals surface area contributed by atoms with Gasteiger partial charge in [-0.05, 0) is 30.9 Å². The number of rotatable bonds is 4. The first-order chi connectivity index (χ1) is 12.6. The molecule has 0 aliphatic heterocycles. The first kappa shape index (κ1) is 16.8. The Bertz CT molecular complexity index is 1100. The van der Waals surface area contributed by atoms with Gasteiger partial charge in [-0.3, -0.25) is 14.8 Å². The monoisotopic (exact) mass is 384 g/mol. The van der Waals surface area contributed by atoms with Crippen LogP contribution in [0.1, 0.15) is 28.0 Å². The summed E-state index contributed by atoms with van der Waals surface area (Å²) in [6.45, 7) is 3.89. The van der Waals surface area contributed by atoms with Crippen LogP contribution in [-0.2, 0) is 13.5 Å². The van der Waals surface area contributed by atoms with E-state index in [2.05, 4.69) is 20.6 Å². The molecule has 0 aliphatic rings. The minimum absolute atomic E-state index is 0.231. The van der Waals surface area contributed by atoms with Gasteiger partial charge < -0.3 is 0 Å². The Morgan fingerprint density at radius 3 is 2.88 bits per heavy atom. The zero-order valence-electron chi connectivity index (χ0n) is 14.5. The highest BCUT2D eigenvalue weighted by atomic mass is 32.1. The number of thiophene rings is 1. The van der Waals surface area contributed by atoms with Gasteiger partial charge in [-0.25, -0.2) is 4.98 Å². The van der Waals surface area contributed by atoms with E-state index in [0.29, 0.717) is 16.3 Å². The molecule has 1 amide bonds. The normalized spacial score (nSPS) is 11.2. The Morgan fingerprint density at radius 2 is 2.19 bits per heavy atom. The van der Waals surface area contributed by atoms with E-state index in [-0.39, 0.29) is 5.91 Å². The van der Waals surface area contributed by atoms with Crippen molar-refractivity contribution in [3.05, 3.63) is 39.8 Å². The van der Waals surface area contributed by atoms with Gasteiger partial charge in [-0.1, -0.05) is 24.3 Å². The second kappa shape index (κ2) is 6.58. The Labute approximate surface area is 157 Å². The molecule has 132 valence electrons. The van der Waals surface area contributed by atoms with Gasteiger partial charge in [0.2, 0.25) is 5.13 Å². The molecule has 0 spiro atoms. The molecular formula is C17H16N6OS2. The number of pyridine rings is 1. The highest BCUT2D eigenvalue weighted by Gasteiger charge is 2.20. The van der Waals surface area contributed by atoms with Gasteiger partial charge in [0.1, 0.15) is 5.01 Å². The van der Waals surface area contributed by atoms with Crippen molar-refractivity contribution in [1.82, 2.24) is 25.0 Å². The SMILES string of the molecule is CCc1nnc(NC(=O)c2cc(-c3cccs3)nc3c2c(C)nn3C)s1. The van der Waals surface area contributed by atoms with Crippen molar-refractivity contribution >= 4 is 44.7 Å². The molecule has 9 heteroatoms. The lowest BCUT2D eigenvalue weighted by Crippen LogP contribution is -2.13. The number of fused-ring (bicyclic) bond motifs is 1. The van der Waals surface area contributed by atoms with Crippen LogP contribution < -0.4 is 5.32 Å². The maximum absolute atomic E-state index is 13.0. The molecule has 1 N–H and O–H groups in total. The van der Waals surface area contributed by atoms with Crippen LogP contribution in [-0.4, -0.2) is 30.9 Å². The molecule has 4 rings (SSSR count). The van der Waals surface area contributed by atoms with Crippen molar-refractivity contribution in [2.45, 2.75) is 20.3 Å². The van der Waals surface area contributed by atoms with E-state index in [0.717, 1.165) is 33.1 Å². The standard InChI is InChI=1S/C17H16N6OS2/c1-4-13-20-21-17(26-13)19-16(24)10-8-11(12-6-5-7-25-12)18-15-14(10)9(2)22-23(15)3/h5-8H,4H2,1-3H3,(H,19,21,24). The minimum atomic E-state index is -0.231. The summed E-state index contributed by atoms with van der Waals surface area (Å²) in [4.78, 5) is 18.7. The van der Waals surface area contributed by atoms with Crippen molar-refractivity contribution < 1.29 is 4.79 Å². The average Bonchev–Trinajstić information content (AvgIpc) is 3.36. The van der Waals surface area contributed by atoms with Gasteiger partial charge in [0.15, 0.2) is 5.65 Å². The number of aromatic nitrogens is 5. The molecule has 4 heterocycles. The van der Waals surface area contributed by atoms with E-state index in [4.69, 9.17) is 4.98 Å². The van der Waals surface area contributed by atoms with Gasteiger partial charge >= 0.3 is 0 Å². The van der Waals surface area contributed by atoms with Crippen molar-refractivity contribution in [3.8, 4) is 10.6 Å². The molecule has 0 aliphatic carbocycles. The quantitative estimate of drug-likeness (QED) is 0.580. The van der Waals surface area contributed by atoms with Crippen LogP contribution in [0.25, 0.3) is 21.6 Å². The Morgan fingerprint density at radius 1 is 1.35 bits per heavy atom. The van der Waals surface area contributed by atoms with Gasteiger partial charge in [-0.15, -0.1) is 21.5 Å². The Hall–Kier alpha value is -2.65. The summed E-state index contributed by atoms with van der Waals surface area (Å²) >= 11 is 2.97. The molecule has 7 nitrogen and oxygen atoms in total. The predicted octanol–water partition coefficient (Wildman–Crippen LogP) is 3.67. The number of aryl methyl sites for hydroxylation is 3. The van der Waals surface area contributed by atoms with Crippen LogP contribution in [0.2, 0.25) is 0 Å². The maximum Gasteiger partial charge on any atom is 0.258 e. The number of nitrogens with zero attached hydrogens (tertiary/aromatic N) is 5. The molecular weight excluding hydrogens is 368 g/mol. The zero-order chi connectivity index (χ0) is 18.3. The highest BCUT2D eigenvalue weighted by Crippen LogP contribution is 2.30. The molecule has 0 unspecified atom stereocenters. The number of anilines is 1. The average molecular weight is 384 g/mol. The molecule has 0 fully saturated rings. The van der Waals surface area contributed by atoms with Crippen molar-refractivity contribution in [1.29, 1.82) is 0 Å². The summed E-state index contributed by atoms with van der Waals surface area (Å²) in [5.74, 6) is -0.231. The summed E-state index contributed by atoms with van der Waals surface area (Å²) in [6.07, 6.45) is 0.789. The molecule has 0 saturated heterocycles. The first-order valence-corrected chi connectivity index (χ1v) is 9.78. The van der Waals surface area contributed by atoms with Crippen molar-refractivity contribution in [2.24, 2.45) is 7.05 Å². The Kier molecular flexibility index (Phi) is 4.25. The van der Waals surface area contributed by atoms with Crippen LogP contribution in [0.4, 0.5) is 5.13 Å². The number of hydrogen-bond donors (Lipinski definition) is 1. The van der Waals surface area contributed by atoms with E-state index in [1.807, 2.05) is 44.5 Å². The van der Waals surface area contributed by atoms with Gasteiger partial charge in [0.25, 0.3) is 5.91 Å². The van der Waals surface area contributed by atoms with Crippen molar-refractivity contribution in [2.75, 3.05) is 5.32 Å². The number of carbonyl (C=O) groups excluding carboxylic acids is 1. The molecule has 4 aromatic rings. The second-order valence-corrected chi connectivity index (χ2v) is 7.76. The smallest absolute Gasteiger partial charge is 0.258 e. The molecule has 0 atom stereocenters. The number of hydrogen-bond acceptors (Lipinski definition) is 7. The zero-order valence-corrected chi connectivity index (χ0v) is 16.1. The molecule has 0 radical (unpaired) electrons. The van der Waals surface area contributed by atoms with Crippen LogP contribution in [0.15, 0.2) is 23.6 Å². The lowest BCUT2D eigenvalue weighted by molar-refractivity contribution is 0.102. The minimum Gasteiger partial charge on any atom is -0.296 e. The van der Waals surface area contributed by atoms with E-state index >= 15 is 0 Å². The molecule has 26 heavy (non-hydrogen) atoms. The third-order valence-electron chi connectivity index (χ3n) is 3.98. The molecule has 0 aromatic carbocycles. The molecule has 4 aromatic heterocycles. The third kappa shape index (κ3) is 2.89. The fourth-order valence-corrected chi connectivity index (χ4v) is 4.15. The third-order valence-corrected chi connectivity index (χ3v) is 5.85. The van der Waals surface area contributed by atoms with Crippen LogP contribution in [0.5, 0.6) is 0 Å². The van der Waals surface area contributed by atoms with Crippen LogP contribution >= 0.6 is 22.7 Å². The fraction of sp³-hybridized carbons (Fsp3) is 0.235. The van der Waals surface area contributed by atoms with Crippen LogP contribution in [0, 0.1) is 6.92 Å². The predicted molar refractivity (Wildman–Crippen MR) is 104 cm³/mol. The number of amides is 1. The highest BCUT2D eigenvalue weighted by molar-refractivity contribution is 7.15. The van der Waals surface area contributed by atoms with E-state index in [9.17, 15) is 4.79 Å². The van der Waals surface area contributed by atoms with Gasteiger partial charge in [-0.2, -0.15) is 5.10 Å². The first-order valence-electron chi connectivity index (χ1n) is 8.08. The van der Waals surface area contributed by atoms with E-state index in [1.54, 1.807) is 16.0 Å². The topological polar surface area (TPSA) is 85.6 Å². The summed E-state index contributed by atoms with van der Waals surface area (Å²) in [7, 11) is 1.83. The molecule has 0 bridgehead atoms. The number of carbonyl (C=O) groups is 1. The Balaban J connectivity index is 1.82. The van der Waals surface area contributed by atoms with Crippen molar-refractivity contribution in [3.63, 3.8) is 0 Å². The largest absolute Gasteiger partial charge is 0.296 e. The maximum atomic E-state index is 13.0. The number of nitrogens with one attached hydrogen (secondary N) is 1. The van der Waals surface area contributed by atoms with Gasteiger partial charge in [0, 0.05) is 7.05 Å². The summed E-state index contributed by atoms with van der Waals surface area (Å²) < 4.78 is 1.71. The van der Waals surface area contributed by atoms with Gasteiger partial charge in [0.05, 0.1) is 27.2 Å². The van der Waals surface area contributed by atoms with Crippen LogP contribution in [0.3, 0.4) is 0 Å². The lowest BCUT2D eigenvalue weighted by Gasteiger charge is -2.07. The fourth-order valence-electron chi connectivity index (χ4n) is 2.79. The lowest BCUT2D eigenvalue weighted by atomic mass is 10.1. The van der Waals surface area contributed by atoms with E-state index in [1.165, 1.54) is 11.3 Å².